The van der Waals surface area contributed by atoms with Gasteiger partial charge in [-0.15, -0.1) is 0 Å². The number of nitrogens with zero attached hydrogens (tertiary/aromatic N) is 5. The van der Waals surface area contributed by atoms with Gasteiger partial charge in [0.25, 0.3) is 0 Å². The van der Waals surface area contributed by atoms with Crippen molar-refractivity contribution in [2.24, 2.45) is 11.1 Å². The molecule has 0 aliphatic carbocycles. The summed E-state index contributed by atoms with van der Waals surface area (Å²) in [7, 11) is 0. The van der Waals surface area contributed by atoms with Crippen LogP contribution in [0.25, 0.3) is 11.0 Å². The lowest BCUT2D eigenvalue weighted by molar-refractivity contribution is -0.138. The van der Waals surface area contributed by atoms with Crippen molar-refractivity contribution in [2.45, 2.75) is 33.0 Å². The van der Waals surface area contributed by atoms with E-state index in [0.29, 0.717) is 41.3 Å². The summed E-state index contributed by atoms with van der Waals surface area (Å²) in [5.74, 6) is 1.03. The van der Waals surface area contributed by atoms with E-state index in [9.17, 15) is 18.0 Å². The molecule has 0 bridgehead atoms. The van der Waals surface area contributed by atoms with Gasteiger partial charge in [0, 0.05) is 31.6 Å². The molecule has 0 saturated carbocycles. The number of aryl methyl sites for hydroxylation is 1. The number of primary amides is 1. The number of likely N-dealkylation sites (tertiary alicyclic amines) is 1. The van der Waals surface area contributed by atoms with Crippen LogP contribution in [0.15, 0.2) is 30.5 Å². The number of carbonyl (C=O) groups excluding carboxylic acids is 1. The van der Waals surface area contributed by atoms with Gasteiger partial charge in [-0.3, -0.25) is 0 Å². The van der Waals surface area contributed by atoms with E-state index in [1.54, 1.807) is 24.1 Å². The summed E-state index contributed by atoms with van der Waals surface area (Å²) in [4.78, 5) is 28.6. The van der Waals surface area contributed by atoms with Gasteiger partial charge in [0.05, 0.1) is 28.9 Å². The maximum absolute atomic E-state index is 13.4. The quantitative estimate of drug-likeness (QED) is 0.579. The molecule has 5 rings (SSSR count). The lowest BCUT2D eigenvalue weighted by atomic mass is 9.73. The number of nitrogens with two attached hydrogens (primary N) is 1. The topological polar surface area (TPSA) is 100 Å². The third-order valence-electron chi connectivity index (χ3n) is 6.93. The second-order valence-electron chi connectivity index (χ2n) is 9.62. The van der Waals surface area contributed by atoms with Gasteiger partial charge in [-0.2, -0.15) is 13.2 Å². The standard InChI is InChI=1S/C24H26F3N7O/c1-13-17(5-4-6-19(13)24(25,26)27)14(2)30-21-18-7-16(8-29-20(18)31-15(3)32-21)33-9-23(10-33)11-34(12-23)22(28)35/h4-8,14H,9-12H2,1-3H3,(H2,28,35)(H,29,30,31,32)/t14-/m1/s1. The van der Waals surface area contributed by atoms with Crippen LogP contribution in [0.3, 0.4) is 0 Å². The number of hydrogen-bond acceptors (Lipinski definition) is 6. The largest absolute Gasteiger partial charge is 0.416 e. The van der Waals surface area contributed by atoms with Gasteiger partial charge in [-0.1, -0.05) is 12.1 Å². The van der Waals surface area contributed by atoms with E-state index in [-0.39, 0.29) is 11.0 Å². The minimum absolute atomic E-state index is 0.0738. The van der Waals surface area contributed by atoms with Crippen molar-refractivity contribution in [1.29, 1.82) is 0 Å². The molecule has 3 aromatic rings. The van der Waals surface area contributed by atoms with E-state index in [2.05, 4.69) is 25.2 Å². The predicted octanol–water partition coefficient (Wildman–Crippen LogP) is 4.03. The maximum atomic E-state index is 13.4. The Hall–Kier alpha value is -3.63. The number of alkyl halides is 3. The molecular weight excluding hydrogens is 459 g/mol. The molecule has 1 spiro atoms. The van der Waals surface area contributed by atoms with Gasteiger partial charge >= 0.3 is 12.2 Å². The Morgan fingerprint density at radius 3 is 2.54 bits per heavy atom. The molecule has 3 N–H and O–H groups in total. The molecule has 0 unspecified atom stereocenters. The zero-order chi connectivity index (χ0) is 25.1. The van der Waals surface area contributed by atoms with Crippen molar-refractivity contribution in [3.63, 3.8) is 0 Å². The molecule has 1 aromatic carbocycles. The fourth-order valence-electron chi connectivity index (χ4n) is 5.17. The van der Waals surface area contributed by atoms with Crippen LogP contribution in [0.2, 0.25) is 0 Å². The van der Waals surface area contributed by atoms with Crippen molar-refractivity contribution in [2.75, 3.05) is 36.4 Å². The molecule has 2 amide bonds. The van der Waals surface area contributed by atoms with E-state index in [1.807, 2.05) is 13.0 Å². The molecule has 184 valence electrons. The van der Waals surface area contributed by atoms with Crippen LogP contribution in [0.1, 0.15) is 35.5 Å². The molecule has 8 nitrogen and oxygen atoms in total. The molecule has 2 aliphatic rings. The predicted molar refractivity (Wildman–Crippen MR) is 126 cm³/mol. The van der Waals surface area contributed by atoms with Crippen molar-refractivity contribution in [1.82, 2.24) is 19.9 Å². The normalized spacial score (nSPS) is 17.8. The lowest BCUT2D eigenvalue weighted by Crippen LogP contribution is -2.73. The molecule has 35 heavy (non-hydrogen) atoms. The summed E-state index contributed by atoms with van der Waals surface area (Å²) in [6.45, 7) is 7.94. The van der Waals surface area contributed by atoms with Crippen molar-refractivity contribution < 1.29 is 18.0 Å². The van der Waals surface area contributed by atoms with Crippen LogP contribution in [0, 0.1) is 19.3 Å². The highest BCUT2D eigenvalue weighted by atomic mass is 19.4. The maximum Gasteiger partial charge on any atom is 0.416 e. The smallest absolute Gasteiger partial charge is 0.369 e. The Morgan fingerprint density at radius 2 is 1.89 bits per heavy atom. The molecule has 2 saturated heterocycles. The summed E-state index contributed by atoms with van der Waals surface area (Å²) in [6, 6.07) is 5.33. The number of aromatic nitrogens is 3. The minimum Gasteiger partial charge on any atom is -0.369 e. The summed E-state index contributed by atoms with van der Waals surface area (Å²) in [5, 5.41) is 3.98. The number of pyridine rings is 1. The van der Waals surface area contributed by atoms with Crippen LogP contribution in [-0.2, 0) is 6.18 Å². The Bertz CT molecular complexity index is 1310. The van der Waals surface area contributed by atoms with E-state index < -0.39 is 23.8 Å². The first-order chi connectivity index (χ1) is 16.5. The van der Waals surface area contributed by atoms with Gasteiger partial charge in [-0.25, -0.2) is 19.7 Å². The van der Waals surface area contributed by atoms with Crippen LogP contribution < -0.4 is 16.0 Å². The van der Waals surface area contributed by atoms with Crippen LogP contribution in [0.5, 0.6) is 0 Å². The Labute approximate surface area is 200 Å². The fourth-order valence-corrected chi connectivity index (χ4v) is 5.17. The number of urea groups is 1. The van der Waals surface area contributed by atoms with Gasteiger partial charge in [-0.05, 0) is 44.0 Å². The summed E-state index contributed by atoms with van der Waals surface area (Å²) in [6.07, 6.45) is -2.66. The number of benzene rings is 1. The first-order valence-corrected chi connectivity index (χ1v) is 11.3. The second-order valence-corrected chi connectivity index (χ2v) is 9.62. The summed E-state index contributed by atoms with van der Waals surface area (Å²) in [5.41, 5.74) is 6.91. The van der Waals surface area contributed by atoms with E-state index >= 15 is 0 Å². The first kappa shape index (κ1) is 23.1. The number of amides is 2. The number of halogens is 3. The van der Waals surface area contributed by atoms with Gasteiger partial charge in [0.15, 0.2) is 5.65 Å². The molecular formula is C24H26F3N7O. The van der Waals surface area contributed by atoms with Crippen molar-refractivity contribution >= 4 is 28.6 Å². The monoisotopic (exact) mass is 485 g/mol. The highest BCUT2D eigenvalue weighted by Gasteiger charge is 2.53. The van der Waals surface area contributed by atoms with E-state index in [0.717, 1.165) is 24.8 Å². The third kappa shape index (κ3) is 4.08. The zero-order valence-corrected chi connectivity index (χ0v) is 19.6. The molecule has 2 aromatic heterocycles. The minimum atomic E-state index is -4.42. The Kier molecular flexibility index (Phi) is 5.26. The summed E-state index contributed by atoms with van der Waals surface area (Å²) < 4.78 is 40.2. The number of hydrogen-bond donors (Lipinski definition) is 2. The van der Waals surface area contributed by atoms with Crippen LogP contribution in [-0.4, -0.2) is 52.1 Å². The van der Waals surface area contributed by atoms with Crippen LogP contribution in [0.4, 0.5) is 29.5 Å². The van der Waals surface area contributed by atoms with E-state index in [4.69, 9.17) is 5.73 Å². The second kappa shape index (κ2) is 7.96. The third-order valence-corrected chi connectivity index (χ3v) is 6.93. The molecule has 11 heteroatoms. The van der Waals surface area contributed by atoms with Crippen molar-refractivity contribution in [3.05, 3.63) is 53.0 Å². The summed E-state index contributed by atoms with van der Waals surface area (Å²) >= 11 is 0. The number of fused-ring (bicyclic) bond motifs is 1. The highest BCUT2D eigenvalue weighted by molar-refractivity contribution is 5.89. The lowest BCUT2D eigenvalue weighted by Gasteiger charge is -2.60. The molecule has 1 atom stereocenters. The van der Waals surface area contributed by atoms with Gasteiger partial charge < -0.3 is 20.9 Å². The SMILES string of the molecule is Cc1nc(N[C@H](C)c2cccc(C(F)(F)F)c2C)c2cc(N3CC4(CN(C(N)=O)C4)C3)cnc2n1. The van der Waals surface area contributed by atoms with Gasteiger partial charge in [0.1, 0.15) is 11.6 Å². The van der Waals surface area contributed by atoms with Gasteiger partial charge in [0.2, 0.25) is 0 Å². The molecule has 0 radical (unpaired) electrons. The van der Waals surface area contributed by atoms with Crippen molar-refractivity contribution in [3.8, 4) is 0 Å². The Morgan fingerprint density at radius 1 is 1.17 bits per heavy atom. The molecule has 2 fully saturated rings. The zero-order valence-electron chi connectivity index (χ0n) is 19.6. The number of carbonyl (C=O) groups is 1. The number of rotatable bonds is 4. The molecule has 4 heterocycles. The average Bonchev–Trinajstić information content (AvgIpc) is 2.70. The number of nitrogens with one attached hydrogen (secondary N) is 1. The Balaban J connectivity index is 1.40. The number of anilines is 2. The van der Waals surface area contributed by atoms with E-state index in [1.165, 1.54) is 13.0 Å². The average molecular weight is 486 g/mol. The fraction of sp³-hybridized carbons (Fsp3) is 0.417. The molecule has 2 aliphatic heterocycles. The highest BCUT2D eigenvalue weighted by Crippen LogP contribution is 2.42. The first-order valence-electron chi connectivity index (χ1n) is 11.3. The van der Waals surface area contributed by atoms with Crippen LogP contribution >= 0.6 is 0 Å².